The summed E-state index contributed by atoms with van der Waals surface area (Å²) in [6.07, 6.45) is 1.87. The Balaban J connectivity index is 1.63. The van der Waals surface area contributed by atoms with Crippen LogP contribution in [0.25, 0.3) is 0 Å². The molecule has 5 heteroatoms. The molecule has 1 unspecified atom stereocenters. The Hall–Kier alpha value is -2.40. The van der Waals surface area contributed by atoms with Gasteiger partial charge < -0.3 is 14.4 Å². The van der Waals surface area contributed by atoms with Crippen molar-refractivity contribution >= 4 is 5.91 Å². The summed E-state index contributed by atoms with van der Waals surface area (Å²) in [5.74, 6) is 0.444. The molecule has 0 aliphatic carbocycles. The Kier molecular flexibility index (Phi) is 5.89. The van der Waals surface area contributed by atoms with Crippen molar-refractivity contribution in [1.29, 1.82) is 0 Å². The summed E-state index contributed by atoms with van der Waals surface area (Å²) in [6, 6.07) is 15.8. The van der Waals surface area contributed by atoms with E-state index >= 15 is 0 Å². The highest BCUT2D eigenvalue weighted by atomic mass is 19.1. The number of piperidine rings is 1. The van der Waals surface area contributed by atoms with E-state index in [4.69, 9.17) is 9.47 Å². The first-order valence-electron chi connectivity index (χ1n) is 8.85. The van der Waals surface area contributed by atoms with Crippen molar-refractivity contribution in [3.05, 3.63) is 66.0 Å². The maximum Gasteiger partial charge on any atom is 0.227 e. The summed E-state index contributed by atoms with van der Waals surface area (Å²) in [6.45, 7) is 1.55. The molecule has 0 N–H and O–H groups in total. The second-order valence-corrected chi connectivity index (χ2v) is 6.71. The van der Waals surface area contributed by atoms with Gasteiger partial charge in [0, 0.05) is 13.7 Å². The van der Waals surface area contributed by atoms with Gasteiger partial charge in [0.05, 0.1) is 13.0 Å². The Morgan fingerprint density at radius 3 is 2.73 bits per heavy atom. The van der Waals surface area contributed by atoms with Crippen molar-refractivity contribution in [2.75, 3.05) is 26.8 Å². The first-order valence-corrected chi connectivity index (χ1v) is 8.85. The largest absolute Gasteiger partial charge is 0.491 e. The van der Waals surface area contributed by atoms with Crippen LogP contribution in [-0.4, -0.2) is 43.2 Å². The molecule has 1 aliphatic heterocycles. The number of benzene rings is 2. The quantitative estimate of drug-likeness (QED) is 0.795. The Labute approximate surface area is 153 Å². The minimum atomic E-state index is -0.522. The van der Waals surface area contributed by atoms with E-state index in [1.54, 1.807) is 24.1 Å². The fraction of sp³-hybridized carbons (Fsp3) is 0.381. The molecule has 1 saturated heterocycles. The SMILES string of the molecule is COC1(COc2ccccc2)CCCN(C(=O)Cc2cccc(F)c2)C1. The van der Waals surface area contributed by atoms with Gasteiger partial charge in [-0.1, -0.05) is 30.3 Å². The highest BCUT2D eigenvalue weighted by molar-refractivity contribution is 5.79. The number of methoxy groups -OCH3 is 1. The molecule has 0 saturated carbocycles. The lowest BCUT2D eigenvalue weighted by atomic mass is 9.92. The third-order valence-corrected chi connectivity index (χ3v) is 4.81. The standard InChI is InChI=1S/C21H24FNO3/c1-25-21(16-26-19-9-3-2-4-10-19)11-6-12-23(15-21)20(24)14-17-7-5-8-18(22)13-17/h2-5,7-10,13H,6,11-12,14-16H2,1H3. The lowest BCUT2D eigenvalue weighted by Gasteiger charge is -2.41. The molecule has 138 valence electrons. The number of amides is 1. The first kappa shape index (κ1) is 18.4. The normalized spacial score (nSPS) is 20.0. The smallest absolute Gasteiger partial charge is 0.227 e. The lowest BCUT2D eigenvalue weighted by Crippen LogP contribution is -2.54. The number of para-hydroxylation sites is 1. The summed E-state index contributed by atoms with van der Waals surface area (Å²) in [4.78, 5) is 14.5. The van der Waals surface area contributed by atoms with Crippen LogP contribution in [0.2, 0.25) is 0 Å². The zero-order valence-corrected chi connectivity index (χ0v) is 15.0. The van der Waals surface area contributed by atoms with E-state index in [1.807, 2.05) is 30.3 Å². The monoisotopic (exact) mass is 357 g/mol. The molecule has 1 fully saturated rings. The molecule has 2 aromatic carbocycles. The molecule has 0 spiro atoms. The second-order valence-electron chi connectivity index (χ2n) is 6.71. The highest BCUT2D eigenvalue weighted by Gasteiger charge is 2.38. The van der Waals surface area contributed by atoms with Gasteiger partial charge in [-0.25, -0.2) is 4.39 Å². The van der Waals surface area contributed by atoms with Crippen LogP contribution < -0.4 is 4.74 Å². The Bertz CT molecular complexity index is 737. The summed E-state index contributed by atoms with van der Waals surface area (Å²) in [5, 5.41) is 0. The van der Waals surface area contributed by atoms with Gasteiger partial charge in [-0.05, 0) is 42.7 Å². The topological polar surface area (TPSA) is 38.8 Å². The third kappa shape index (κ3) is 4.61. The molecule has 1 aliphatic rings. The Morgan fingerprint density at radius 2 is 2.00 bits per heavy atom. The number of hydrogen-bond acceptors (Lipinski definition) is 3. The van der Waals surface area contributed by atoms with Crippen molar-refractivity contribution in [2.45, 2.75) is 24.9 Å². The molecule has 26 heavy (non-hydrogen) atoms. The summed E-state index contributed by atoms with van der Waals surface area (Å²) in [7, 11) is 1.66. The van der Waals surface area contributed by atoms with Crippen molar-refractivity contribution in [3.63, 3.8) is 0 Å². The molecular formula is C21H24FNO3. The van der Waals surface area contributed by atoms with E-state index in [9.17, 15) is 9.18 Å². The highest BCUT2D eigenvalue weighted by Crippen LogP contribution is 2.26. The molecule has 1 heterocycles. The molecule has 2 aromatic rings. The molecular weight excluding hydrogens is 333 g/mol. The molecule has 4 nitrogen and oxygen atoms in total. The van der Waals surface area contributed by atoms with Gasteiger partial charge in [-0.15, -0.1) is 0 Å². The number of likely N-dealkylation sites (tertiary alicyclic amines) is 1. The minimum absolute atomic E-state index is 0.0172. The van der Waals surface area contributed by atoms with E-state index in [-0.39, 0.29) is 18.1 Å². The number of ether oxygens (including phenoxy) is 2. The van der Waals surface area contributed by atoms with E-state index in [0.717, 1.165) is 18.6 Å². The summed E-state index contributed by atoms with van der Waals surface area (Å²) < 4.78 is 25.0. The van der Waals surface area contributed by atoms with Crippen LogP contribution in [0.3, 0.4) is 0 Å². The van der Waals surface area contributed by atoms with Crippen LogP contribution >= 0.6 is 0 Å². The summed E-state index contributed by atoms with van der Waals surface area (Å²) >= 11 is 0. The van der Waals surface area contributed by atoms with Crippen molar-refractivity contribution in [1.82, 2.24) is 4.90 Å². The fourth-order valence-corrected chi connectivity index (χ4v) is 3.32. The van der Waals surface area contributed by atoms with Crippen LogP contribution in [0.5, 0.6) is 5.75 Å². The predicted molar refractivity (Wildman–Crippen MR) is 97.6 cm³/mol. The number of nitrogens with zero attached hydrogens (tertiary/aromatic N) is 1. The molecule has 0 bridgehead atoms. The van der Waals surface area contributed by atoms with Gasteiger partial charge in [-0.3, -0.25) is 4.79 Å². The van der Waals surface area contributed by atoms with E-state index < -0.39 is 5.60 Å². The molecule has 3 rings (SSSR count). The van der Waals surface area contributed by atoms with Crippen LogP contribution in [0, 0.1) is 5.82 Å². The lowest BCUT2D eigenvalue weighted by molar-refractivity contribution is -0.142. The van der Waals surface area contributed by atoms with Crippen LogP contribution in [0.4, 0.5) is 4.39 Å². The van der Waals surface area contributed by atoms with Crippen molar-refractivity contribution in [3.8, 4) is 5.75 Å². The maximum atomic E-state index is 13.3. The molecule has 1 atom stereocenters. The van der Waals surface area contributed by atoms with Gasteiger partial charge in [-0.2, -0.15) is 0 Å². The van der Waals surface area contributed by atoms with Crippen LogP contribution in [0.1, 0.15) is 18.4 Å². The number of halogens is 1. The maximum absolute atomic E-state index is 13.3. The number of carbonyl (C=O) groups is 1. The van der Waals surface area contributed by atoms with Gasteiger partial charge in [0.1, 0.15) is 23.8 Å². The van der Waals surface area contributed by atoms with E-state index in [1.165, 1.54) is 12.1 Å². The number of rotatable bonds is 6. The predicted octanol–water partition coefficient (Wildman–Crippen LogP) is 3.45. The minimum Gasteiger partial charge on any atom is -0.491 e. The Morgan fingerprint density at radius 1 is 1.19 bits per heavy atom. The van der Waals surface area contributed by atoms with Crippen LogP contribution in [-0.2, 0) is 16.0 Å². The number of hydrogen-bond donors (Lipinski definition) is 0. The van der Waals surface area contributed by atoms with Gasteiger partial charge in [0.25, 0.3) is 0 Å². The van der Waals surface area contributed by atoms with Gasteiger partial charge in [0.2, 0.25) is 5.91 Å². The number of carbonyl (C=O) groups excluding carboxylic acids is 1. The van der Waals surface area contributed by atoms with Crippen molar-refractivity contribution < 1.29 is 18.7 Å². The molecule has 1 amide bonds. The second kappa shape index (κ2) is 8.32. The third-order valence-electron chi connectivity index (χ3n) is 4.81. The van der Waals surface area contributed by atoms with Gasteiger partial charge in [0.15, 0.2) is 0 Å². The zero-order chi connectivity index (χ0) is 18.4. The average Bonchev–Trinajstić information content (AvgIpc) is 2.67. The zero-order valence-electron chi connectivity index (χ0n) is 15.0. The van der Waals surface area contributed by atoms with Gasteiger partial charge >= 0.3 is 0 Å². The molecule has 0 aromatic heterocycles. The molecule has 0 radical (unpaired) electrons. The summed E-state index contributed by atoms with van der Waals surface area (Å²) in [5.41, 5.74) is 0.162. The first-order chi connectivity index (χ1) is 12.6. The van der Waals surface area contributed by atoms with Crippen LogP contribution in [0.15, 0.2) is 54.6 Å². The van der Waals surface area contributed by atoms with E-state index in [0.29, 0.717) is 25.3 Å². The fourth-order valence-electron chi connectivity index (χ4n) is 3.32. The van der Waals surface area contributed by atoms with Crippen molar-refractivity contribution in [2.24, 2.45) is 0 Å². The van der Waals surface area contributed by atoms with E-state index in [2.05, 4.69) is 0 Å². The average molecular weight is 357 g/mol.